The number of benzene rings is 1. The minimum Gasteiger partial charge on any atom is -0.399 e. The fraction of sp³-hybridized carbons (Fsp3) is 0.188. The Balaban J connectivity index is 1.79. The molecule has 3 rings (SSSR count). The number of rotatable bonds is 3. The number of hydrogen-bond acceptors (Lipinski definition) is 3. The van der Waals surface area contributed by atoms with Gasteiger partial charge < -0.3 is 10.1 Å². The maximum atomic E-state index is 5.77. The van der Waals surface area contributed by atoms with Gasteiger partial charge in [0.15, 0.2) is 0 Å². The van der Waals surface area contributed by atoms with Crippen LogP contribution >= 0.6 is 11.8 Å². The lowest BCUT2D eigenvalue weighted by Gasteiger charge is -2.04. The van der Waals surface area contributed by atoms with Crippen molar-refractivity contribution < 1.29 is 0 Å². The summed E-state index contributed by atoms with van der Waals surface area (Å²) in [6.45, 7) is 4.18. The van der Waals surface area contributed by atoms with Gasteiger partial charge >= 0.3 is 0 Å². The molecule has 102 valence electrons. The quantitative estimate of drug-likeness (QED) is 0.587. The Hall–Kier alpha value is -1.94. The molecule has 0 bridgehead atoms. The van der Waals surface area contributed by atoms with Crippen molar-refractivity contribution in [2.75, 3.05) is 5.73 Å². The van der Waals surface area contributed by atoms with E-state index in [0.717, 1.165) is 22.8 Å². The van der Waals surface area contributed by atoms with Gasteiger partial charge in [0.2, 0.25) is 0 Å². The molecule has 2 heterocycles. The Labute approximate surface area is 122 Å². The van der Waals surface area contributed by atoms with Crippen molar-refractivity contribution in [3.05, 3.63) is 59.5 Å². The second-order valence-corrected chi connectivity index (χ2v) is 6.03. The van der Waals surface area contributed by atoms with Gasteiger partial charge in [-0.15, -0.1) is 11.8 Å². The molecule has 2 N–H and O–H groups in total. The van der Waals surface area contributed by atoms with E-state index in [1.165, 1.54) is 16.0 Å². The highest BCUT2D eigenvalue weighted by molar-refractivity contribution is 7.98. The number of aromatic nitrogens is 2. The topological polar surface area (TPSA) is 43.3 Å². The highest BCUT2D eigenvalue weighted by Gasteiger charge is 2.04. The standard InChI is InChI=1S/C16H17N3S/c1-11-3-6-16-18-14(9-19(16)8-11)10-20-15-5-4-13(17)7-12(15)2/h3-9H,10,17H2,1-2H3. The number of nitrogens with zero attached hydrogens (tertiary/aromatic N) is 2. The molecule has 3 nitrogen and oxygen atoms in total. The number of anilines is 1. The molecule has 0 unspecified atom stereocenters. The van der Waals surface area contributed by atoms with E-state index in [1.54, 1.807) is 11.8 Å². The largest absolute Gasteiger partial charge is 0.399 e. The molecule has 0 saturated heterocycles. The third-order valence-electron chi connectivity index (χ3n) is 3.22. The van der Waals surface area contributed by atoms with E-state index in [0.29, 0.717) is 0 Å². The van der Waals surface area contributed by atoms with Gasteiger partial charge in [0.1, 0.15) is 5.65 Å². The van der Waals surface area contributed by atoms with E-state index in [4.69, 9.17) is 5.73 Å². The molecule has 2 aromatic heterocycles. The van der Waals surface area contributed by atoms with Gasteiger partial charge in [-0.1, -0.05) is 6.07 Å². The second kappa shape index (κ2) is 5.21. The van der Waals surface area contributed by atoms with Crippen molar-refractivity contribution in [2.24, 2.45) is 0 Å². The lowest BCUT2D eigenvalue weighted by atomic mass is 10.2. The van der Waals surface area contributed by atoms with Gasteiger partial charge in [0.05, 0.1) is 5.69 Å². The Bertz CT molecular complexity index is 762. The summed E-state index contributed by atoms with van der Waals surface area (Å²) in [6.07, 6.45) is 4.20. The highest BCUT2D eigenvalue weighted by atomic mass is 32.2. The molecule has 0 radical (unpaired) electrons. The van der Waals surface area contributed by atoms with Crippen molar-refractivity contribution in [1.29, 1.82) is 0 Å². The van der Waals surface area contributed by atoms with Gasteiger partial charge in [-0.05, 0) is 49.2 Å². The summed E-state index contributed by atoms with van der Waals surface area (Å²) in [4.78, 5) is 5.89. The Morgan fingerprint density at radius 1 is 1.15 bits per heavy atom. The Morgan fingerprint density at radius 3 is 2.80 bits per heavy atom. The number of fused-ring (bicyclic) bond motifs is 1. The van der Waals surface area contributed by atoms with Gasteiger partial charge in [0, 0.05) is 28.7 Å². The van der Waals surface area contributed by atoms with Crippen molar-refractivity contribution in [1.82, 2.24) is 9.38 Å². The minimum absolute atomic E-state index is 0.815. The first-order chi connectivity index (χ1) is 9.61. The minimum atomic E-state index is 0.815. The zero-order valence-electron chi connectivity index (χ0n) is 11.6. The number of nitrogens with two attached hydrogens (primary N) is 1. The fourth-order valence-corrected chi connectivity index (χ4v) is 3.10. The van der Waals surface area contributed by atoms with E-state index in [1.807, 2.05) is 12.1 Å². The summed E-state index contributed by atoms with van der Waals surface area (Å²) in [5, 5.41) is 0. The van der Waals surface area contributed by atoms with Crippen LogP contribution in [0.1, 0.15) is 16.8 Å². The van der Waals surface area contributed by atoms with Crippen molar-refractivity contribution in [3.63, 3.8) is 0 Å². The predicted octanol–water partition coefficient (Wildman–Crippen LogP) is 3.83. The Kier molecular flexibility index (Phi) is 3.40. The number of nitrogen functional groups attached to an aromatic ring is 1. The smallest absolute Gasteiger partial charge is 0.137 e. The molecular formula is C16H17N3S. The van der Waals surface area contributed by atoms with Crippen molar-refractivity contribution in [3.8, 4) is 0 Å². The van der Waals surface area contributed by atoms with Crippen LogP contribution in [0.5, 0.6) is 0 Å². The van der Waals surface area contributed by atoms with Crippen LogP contribution < -0.4 is 5.73 Å². The molecule has 0 aliphatic rings. The molecule has 1 aromatic carbocycles. The van der Waals surface area contributed by atoms with Gasteiger partial charge in [0.25, 0.3) is 0 Å². The van der Waals surface area contributed by atoms with Crippen LogP contribution in [-0.2, 0) is 5.75 Å². The first-order valence-electron chi connectivity index (χ1n) is 6.55. The normalized spacial score (nSPS) is 11.1. The van der Waals surface area contributed by atoms with Crippen LogP contribution in [0.3, 0.4) is 0 Å². The molecular weight excluding hydrogens is 266 g/mol. The van der Waals surface area contributed by atoms with Crippen LogP contribution in [0.2, 0.25) is 0 Å². The lowest BCUT2D eigenvalue weighted by molar-refractivity contribution is 1.15. The van der Waals surface area contributed by atoms with Crippen LogP contribution in [-0.4, -0.2) is 9.38 Å². The average molecular weight is 283 g/mol. The summed E-state index contributed by atoms with van der Waals surface area (Å²) in [6, 6.07) is 10.2. The zero-order valence-corrected chi connectivity index (χ0v) is 12.4. The molecule has 20 heavy (non-hydrogen) atoms. The predicted molar refractivity (Wildman–Crippen MR) is 85.1 cm³/mol. The first kappa shape index (κ1) is 13.1. The molecule has 0 atom stereocenters. The maximum absolute atomic E-state index is 5.77. The molecule has 0 aliphatic carbocycles. The van der Waals surface area contributed by atoms with Crippen LogP contribution in [0.15, 0.2) is 47.6 Å². The van der Waals surface area contributed by atoms with Gasteiger partial charge in [-0.2, -0.15) is 0 Å². The molecule has 0 saturated carbocycles. The highest BCUT2D eigenvalue weighted by Crippen LogP contribution is 2.27. The van der Waals surface area contributed by atoms with Crippen molar-refractivity contribution >= 4 is 23.1 Å². The summed E-state index contributed by atoms with van der Waals surface area (Å²) in [5.41, 5.74) is 11.1. The van der Waals surface area contributed by atoms with E-state index in [9.17, 15) is 0 Å². The summed E-state index contributed by atoms with van der Waals surface area (Å²) >= 11 is 1.80. The molecule has 4 heteroatoms. The summed E-state index contributed by atoms with van der Waals surface area (Å²) in [5.74, 6) is 0.867. The summed E-state index contributed by atoms with van der Waals surface area (Å²) in [7, 11) is 0. The number of imidazole rings is 1. The number of thioether (sulfide) groups is 1. The fourth-order valence-electron chi connectivity index (χ4n) is 2.21. The second-order valence-electron chi connectivity index (χ2n) is 5.02. The van der Waals surface area contributed by atoms with Crippen LogP contribution in [0.4, 0.5) is 5.69 Å². The van der Waals surface area contributed by atoms with Crippen molar-refractivity contribution in [2.45, 2.75) is 24.5 Å². The Morgan fingerprint density at radius 2 is 2.00 bits per heavy atom. The number of aryl methyl sites for hydroxylation is 2. The third kappa shape index (κ3) is 2.65. The van der Waals surface area contributed by atoms with Gasteiger partial charge in [-0.25, -0.2) is 4.98 Å². The van der Waals surface area contributed by atoms with E-state index >= 15 is 0 Å². The van der Waals surface area contributed by atoms with E-state index in [2.05, 4.69) is 53.8 Å². The summed E-state index contributed by atoms with van der Waals surface area (Å²) < 4.78 is 2.08. The first-order valence-corrected chi connectivity index (χ1v) is 7.53. The molecule has 3 aromatic rings. The molecule has 0 fully saturated rings. The van der Waals surface area contributed by atoms with E-state index < -0.39 is 0 Å². The van der Waals surface area contributed by atoms with Crippen LogP contribution in [0, 0.1) is 13.8 Å². The SMILES string of the molecule is Cc1ccc2nc(CSc3ccc(N)cc3C)cn2c1. The number of pyridine rings is 1. The molecule has 0 spiro atoms. The van der Waals surface area contributed by atoms with Crippen LogP contribution in [0.25, 0.3) is 5.65 Å². The molecule has 0 aliphatic heterocycles. The van der Waals surface area contributed by atoms with Gasteiger partial charge in [-0.3, -0.25) is 0 Å². The lowest BCUT2D eigenvalue weighted by Crippen LogP contribution is -1.88. The average Bonchev–Trinajstić information content (AvgIpc) is 2.79. The molecule has 0 amide bonds. The monoisotopic (exact) mass is 283 g/mol. The zero-order chi connectivity index (χ0) is 14.1. The maximum Gasteiger partial charge on any atom is 0.137 e. The third-order valence-corrected chi connectivity index (χ3v) is 4.43. The van der Waals surface area contributed by atoms with E-state index in [-0.39, 0.29) is 0 Å². The number of hydrogen-bond donors (Lipinski definition) is 1.